The Bertz CT molecular complexity index is 1700. The van der Waals surface area contributed by atoms with Crippen LogP contribution < -0.4 is 0 Å². The lowest BCUT2D eigenvalue weighted by molar-refractivity contribution is 0.404. The van der Waals surface area contributed by atoms with Crippen LogP contribution in [-0.4, -0.2) is 4.98 Å². The van der Waals surface area contributed by atoms with Gasteiger partial charge in [-0.1, -0.05) is 76.2 Å². The third-order valence-electron chi connectivity index (χ3n) is 7.75. The number of benzene rings is 5. The molecular formula is C30H25N. The van der Waals surface area contributed by atoms with Crippen molar-refractivity contribution >= 4 is 54.0 Å². The molecule has 5 aromatic carbocycles. The molecule has 0 saturated heterocycles. The summed E-state index contributed by atoms with van der Waals surface area (Å²) >= 11 is 0. The van der Waals surface area contributed by atoms with Crippen molar-refractivity contribution in [3.63, 3.8) is 0 Å². The smallest absolute Gasteiger partial charge is 0.0784 e. The van der Waals surface area contributed by atoms with Crippen LogP contribution in [0.25, 0.3) is 54.0 Å². The number of hydrogen-bond acceptors (Lipinski definition) is 1. The van der Waals surface area contributed by atoms with Crippen molar-refractivity contribution in [3.05, 3.63) is 78.0 Å². The lowest BCUT2D eigenvalue weighted by atomic mass is 9.81. The van der Waals surface area contributed by atoms with Crippen molar-refractivity contribution in [3.8, 4) is 0 Å². The summed E-state index contributed by atoms with van der Waals surface area (Å²) in [6.45, 7) is 9.53. The predicted octanol–water partition coefficient (Wildman–Crippen LogP) is 8.24. The van der Waals surface area contributed by atoms with E-state index in [-0.39, 0.29) is 10.8 Å². The number of hydrogen-bond donors (Lipinski definition) is 0. The van der Waals surface area contributed by atoms with Crippen LogP contribution in [0.2, 0.25) is 0 Å². The Balaban J connectivity index is 1.72. The van der Waals surface area contributed by atoms with Gasteiger partial charge in [0.15, 0.2) is 0 Å². The van der Waals surface area contributed by atoms with E-state index in [0.717, 1.165) is 11.9 Å². The molecule has 7 rings (SSSR count). The number of fused-ring (bicyclic) bond motifs is 6. The topological polar surface area (TPSA) is 12.9 Å². The zero-order valence-electron chi connectivity index (χ0n) is 18.5. The van der Waals surface area contributed by atoms with Crippen molar-refractivity contribution in [2.45, 2.75) is 44.9 Å². The van der Waals surface area contributed by atoms with Gasteiger partial charge in [-0.3, -0.25) is 4.98 Å². The highest BCUT2D eigenvalue weighted by Crippen LogP contribution is 2.52. The van der Waals surface area contributed by atoms with Gasteiger partial charge in [0.2, 0.25) is 0 Å². The van der Waals surface area contributed by atoms with Crippen LogP contribution in [0.5, 0.6) is 0 Å². The number of pyridine rings is 1. The molecule has 0 spiro atoms. The quantitative estimate of drug-likeness (QED) is 0.185. The van der Waals surface area contributed by atoms with E-state index in [2.05, 4.69) is 94.6 Å². The molecule has 0 radical (unpaired) electrons. The zero-order valence-corrected chi connectivity index (χ0v) is 18.5. The minimum Gasteiger partial charge on any atom is -0.255 e. The molecule has 150 valence electrons. The molecule has 1 heterocycles. The van der Waals surface area contributed by atoms with Crippen LogP contribution in [-0.2, 0) is 10.8 Å². The second-order valence-electron chi connectivity index (χ2n) is 10.8. The lowest BCUT2D eigenvalue weighted by Crippen LogP contribution is -2.18. The average Bonchev–Trinajstić information content (AvgIpc) is 2.94. The maximum absolute atomic E-state index is 5.08. The van der Waals surface area contributed by atoms with Crippen molar-refractivity contribution in [2.75, 3.05) is 0 Å². The fraction of sp³-hybridized carbons (Fsp3) is 0.233. The van der Waals surface area contributed by atoms with Gasteiger partial charge in [0.05, 0.1) is 5.52 Å². The average molecular weight is 400 g/mol. The second kappa shape index (κ2) is 5.34. The summed E-state index contributed by atoms with van der Waals surface area (Å²) in [6.07, 6.45) is 3.33. The first kappa shape index (κ1) is 17.5. The normalized spacial score (nSPS) is 17.4. The van der Waals surface area contributed by atoms with Crippen molar-refractivity contribution in [1.82, 2.24) is 4.98 Å². The largest absolute Gasteiger partial charge is 0.255 e. The van der Waals surface area contributed by atoms with Gasteiger partial charge >= 0.3 is 0 Å². The molecule has 6 aromatic rings. The van der Waals surface area contributed by atoms with Gasteiger partial charge < -0.3 is 0 Å². The minimum absolute atomic E-state index is 0.150. The maximum atomic E-state index is 5.08. The first-order valence-corrected chi connectivity index (χ1v) is 11.3. The van der Waals surface area contributed by atoms with Crippen LogP contribution in [0, 0.1) is 0 Å². The summed E-state index contributed by atoms with van der Waals surface area (Å²) < 4.78 is 0. The molecule has 0 amide bonds. The summed E-state index contributed by atoms with van der Waals surface area (Å²) in [5.41, 5.74) is 4.39. The van der Waals surface area contributed by atoms with E-state index in [4.69, 9.17) is 4.98 Å². The van der Waals surface area contributed by atoms with Gasteiger partial charge in [0.25, 0.3) is 0 Å². The van der Waals surface area contributed by atoms with Gasteiger partial charge in [0, 0.05) is 17.0 Å². The molecule has 0 N–H and O–H groups in total. The zero-order chi connectivity index (χ0) is 21.1. The predicted molar refractivity (Wildman–Crippen MR) is 134 cm³/mol. The number of nitrogens with zero attached hydrogens (tertiary/aromatic N) is 1. The van der Waals surface area contributed by atoms with Crippen LogP contribution in [0.1, 0.15) is 45.2 Å². The van der Waals surface area contributed by atoms with Crippen molar-refractivity contribution in [1.29, 1.82) is 0 Å². The molecule has 1 aromatic heterocycles. The fourth-order valence-corrected chi connectivity index (χ4v) is 6.81. The molecular weight excluding hydrogens is 374 g/mol. The standard InChI is InChI=1S/C30H25N/c1-29(2)16-30(3,4)27-23-14-19-10-9-18-13-17-7-5-6-8-20(17)21-11-12-22(26(19)25(18)21)28(23)31-15-24(27)29/h5-15H,16H2,1-4H3. The Morgan fingerprint density at radius 3 is 2.19 bits per heavy atom. The molecule has 0 atom stereocenters. The molecule has 1 nitrogen and oxygen atoms in total. The molecule has 1 heteroatoms. The summed E-state index contributed by atoms with van der Waals surface area (Å²) in [5.74, 6) is 0. The van der Waals surface area contributed by atoms with Crippen LogP contribution in [0.3, 0.4) is 0 Å². The summed E-state index contributed by atoms with van der Waals surface area (Å²) in [5, 5.41) is 12.0. The molecule has 0 bridgehead atoms. The Morgan fingerprint density at radius 2 is 1.35 bits per heavy atom. The summed E-state index contributed by atoms with van der Waals surface area (Å²) in [4.78, 5) is 5.08. The van der Waals surface area contributed by atoms with E-state index >= 15 is 0 Å². The van der Waals surface area contributed by atoms with E-state index < -0.39 is 0 Å². The van der Waals surface area contributed by atoms with Crippen LogP contribution >= 0.6 is 0 Å². The van der Waals surface area contributed by atoms with Gasteiger partial charge in [-0.15, -0.1) is 0 Å². The minimum atomic E-state index is 0.150. The SMILES string of the molecule is CC1(C)CC(C)(C)c2c1cnc1c2cc2ccc3cc4ccccc4c4ccc1c2c34. The summed E-state index contributed by atoms with van der Waals surface area (Å²) in [7, 11) is 0. The Hall–Kier alpha value is -3.19. The van der Waals surface area contributed by atoms with E-state index in [1.54, 1.807) is 0 Å². The Kier molecular flexibility index (Phi) is 3.01. The fourth-order valence-electron chi connectivity index (χ4n) is 6.81. The second-order valence-corrected chi connectivity index (χ2v) is 10.8. The first-order valence-electron chi connectivity index (χ1n) is 11.3. The number of aromatic nitrogens is 1. The molecule has 0 aliphatic heterocycles. The van der Waals surface area contributed by atoms with Crippen molar-refractivity contribution < 1.29 is 0 Å². The molecule has 1 aliphatic carbocycles. The Labute approximate surface area is 182 Å². The van der Waals surface area contributed by atoms with Crippen LogP contribution in [0.4, 0.5) is 0 Å². The van der Waals surface area contributed by atoms with Crippen LogP contribution in [0.15, 0.2) is 66.9 Å². The number of rotatable bonds is 0. The molecule has 31 heavy (non-hydrogen) atoms. The Morgan fingerprint density at radius 1 is 0.645 bits per heavy atom. The molecule has 1 aliphatic rings. The maximum Gasteiger partial charge on any atom is 0.0784 e. The van der Waals surface area contributed by atoms with Crippen molar-refractivity contribution in [2.24, 2.45) is 0 Å². The van der Waals surface area contributed by atoms with E-state index in [0.29, 0.717) is 0 Å². The van der Waals surface area contributed by atoms with Gasteiger partial charge in [0.1, 0.15) is 0 Å². The third-order valence-corrected chi connectivity index (χ3v) is 7.75. The third kappa shape index (κ3) is 2.09. The van der Waals surface area contributed by atoms with Gasteiger partial charge in [-0.2, -0.15) is 0 Å². The molecule has 0 unspecified atom stereocenters. The van der Waals surface area contributed by atoms with E-state index in [1.807, 2.05) is 0 Å². The highest BCUT2D eigenvalue weighted by atomic mass is 14.7. The molecule has 0 fully saturated rings. The van der Waals surface area contributed by atoms with E-state index in [9.17, 15) is 0 Å². The highest BCUT2D eigenvalue weighted by molar-refractivity contribution is 6.32. The van der Waals surface area contributed by atoms with Gasteiger partial charge in [-0.25, -0.2) is 0 Å². The van der Waals surface area contributed by atoms with Gasteiger partial charge in [-0.05, 0) is 78.2 Å². The highest BCUT2D eigenvalue weighted by Gasteiger charge is 2.43. The molecule has 0 saturated carbocycles. The summed E-state index contributed by atoms with van der Waals surface area (Å²) in [6, 6.07) is 22.7. The first-order chi connectivity index (χ1) is 14.9. The van der Waals surface area contributed by atoms with E-state index in [1.165, 1.54) is 59.6 Å². The monoisotopic (exact) mass is 399 g/mol. The lowest BCUT2D eigenvalue weighted by Gasteiger charge is -2.23.